The third-order valence-electron chi connectivity index (χ3n) is 2.15. The van der Waals surface area contributed by atoms with E-state index in [1.807, 2.05) is 12.1 Å². The monoisotopic (exact) mass is 328 g/mol. The molecule has 2 aromatic carbocycles. The maximum atomic E-state index is 10.9. The van der Waals surface area contributed by atoms with Crippen molar-refractivity contribution >= 4 is 26.0 Å². The van der Waals surface area contributed by atoms with Crippen molar-refractivity contribution < 1.29 is 17.7 Å². The molecule has 0 radical (unpaired) electrons. The number of rotatable bonds is 3. The molecule has 0 amide bonds. The Bertz CT molecular complexity index is 650. The summed E-state index contributed by atoms with van der Waals surface area (Å²) < 4.78 is 36.9. The van der Waals surface area contributed by atoms with Gasteiger partial charge in [0.25, 0.3) is 10.1 Å². The van der Waals surface area contributed by atoms with E-state index in [9.17, 15) is 8.42 Å². The van der Waals surface area contributed by atoms with Crippen molar-refractivity contribution in [1.29, 1.82) is 0 Å². The Morgan fingerprint density at radius 1 is 1.00 bits per heavy atom. The van der Waals surface area contributed by atoms with Crippen molar-refractivity contribution in [1.82, 2.24) is 0 Å². The quantitative estimate of drug-likeness (QED) is 0.876. The summed E-state index contributed by atoms with van der Waals surface area (Å²) in [5, 5.41) is 0. The van der Waals surface area contributed by atoms with E-state index in [1.165, 1.54) is 24.3 Å². The average Bonchev–Trinajstić information content (AvgIpc) is 2.28. The van der Waals surface area contributed by atoms with Gasteiger partial charge in [0.1, 0.15) is 11.5 Å². The van der Waals surface area contributed by atoms with Gasteiger partial charge in [-0.25, -0.2) is 0 Å². The molecule has 0 aliphatic heterocycles. The second-order valence-corrected chi connectivity index (χ2v) is 5.84. The molecule has 0 aliphatic carbocycles. The highest BCUT2D eigenvalue weighted by Gasteiger charge is 2.08. The van der Waals surface area contributed by atoms with Crippen molar-refractivity contribution in [3.8, 4) is 11.5 Å². The van der Waals surface area contributed by atoms with Gasteiger partial charge in [-0.3, -0.25) is 4.55 Å². The van der Waals surface area contributed by atoms with Gasteiger partial charge in [-0.15, -0.1) is 0 Å². The maximum Gasteiger partial charge on any atom is 0.294 e. The zero-order valence-corrected chi connectivity index (χ0v) is 11.5. The normalized spacial score (nSPS) is 11.2. The molecule has 0 aliphatic rings. The summed E-state index contributed by atoms with van der Waals surface area (Å²) in [5.41, 5.74) is 0. The molecule has 0 unspecified atom stereocenters. The molecule has 6 heteroatoms. The van der Waals surface area contributed by atoms with E-state index in [4.69, 9.17) is 9.29 Å². The van der Waals surface area contributed by atoms with Gasteiger partial charge in [0, 0.05) is 4.47 Å². The van der Waals surface area contributed by atoms with Gasteiger partial charge in [0.05, 0.1) is 4.90 Å². The largest absolute Gasteiger partial charge is 0.457 e. The molecule has 18 heavy (non-hydrogen) atoms. The smallest absolute Gasteiger partial charge is 0.294 e. The van der Waals surface area contributed by atoms with Gasteiger partial charge in [-0.05, 0) is 42.5 Å². The van der Waals surface area contributed by atoms with Crippen molar-refractivity contribution in [2.75, 3.05) is 0 Å². The third kappa shape index (κ3) is 3.32. The number of hydrogen-bond donors (Lipinski definition) is 1. The highest BCUT2D eigenvalue weighted by atomic mass is 79.9. The first kappa shape index (κ1) is 13.1. The molecule has 0 bridgehead atoms. The van der Waals surface area contributed by atoms with Crippen molar-refractivity contribution in [2.24, 2.45) is 0 Å². The highest BCUT2D eigenvalue weighted by molar-refractivity contribution is 9.10. The second-order valence-electron chi connectivity index (χ2n) is 3.51. The van der Waals surface area contributed by atoms with Crippen LogP contribution < -0.4 is 4.74 Å². The van der Waals surface area contributed by atoms with Gasteiger partial charge in [0.15, 0.2) is 0 Å². The van der Waals surface area contributed by atoms with Gasteiger partial charge >= 0.3 is 0 Å². The van der Waals surface area contributed by atoms with Gasteiger partial charge < -0.3 is 4.74 Å². The minimum Gasteiger partial charge on any atom is -0.457 e. The van der Waals surface area contributed by atoms with Gasteiger partial charge in [0.2, 0.25) is 0 Å². The van der Waals surface area contributed by atoms with Crippen LogP contribution in [0.5, 0.6) is 11.5 Å². The number of benzene rings is 2. The lowest BCUT2D eigenvalue weighted by Gasteiger charge is -2.06. The summed E-state index contributed by atoms with van der Waals surface area (Å²) in [6.07, 6.45) is 0. The zero-order chi connectivity index (χ0) is 13.2. The maximum absolute atomic E-state index is 10.9. The van der Waals surface area contributed by atoms with Crippen LogP contribution in [0.15, 0.2) is 57.9 Å². The zero-order valence-electron chi connectivity index (χ0n) is 9.08. The molecule has 0 heterocycles. The molecule has 94 valence electrons. The Hall–Kier alpha value is -1.37. The standard InChI is InChI=1S/C12H9BrO4S/c13-9-2-1-3-11(8-9)17-10-4-6-12(7-5-10)18(14,15)16/h1-8H,(H,14,15,16). The van der Waals surface area contributed by atoms with Crippen LogP contribution in [0.25, 0.3) is 0 Å². The number of hydrogen-bond acceptors (Lipinski definition) is 3. The minimum atomic E-state index is -4.16. The second kappa shape index (κ2) is 5.09. The number of ether oxygens (including phenoxy) is 1. The minimum absolute atomic E-state index is 0.163. The molecule has 0 aromatic heterocycles. The molecule has 0 fully saturated rings. The molecule has 2 rings (SSSR count). The summed E-state index contributed by atoms with van der Waals surface area (Å²) in [4.78, 5) is -0.163. The predicted molar refractivity (Wildman–Crippen MR) is 70.5 cm³/mol. The Balaban J connectivity index is 2.21. The van der Waals surface area contributed by atoms with Crippen LogP contribution in [0, 0.1) is 0 Å². The summed E-state index contributed by atoms with van der Waals surface area (Å²) in [5.74, 6) is 1.12. The molecular weight excluding hydrogens is 320 g/mol. The molecule has 2 aromatic rings. The molecule has 0 saturated carbocycles. The molecule has 0 saturated heterocycles. The topological polar surface area (TPSA) is 63.6 Å². The lowest BCUT2D eigenvalue weighted by Crippen LogP contribution is -1.97. The third-order valence-corrected chi connectivity index (χ3v) is 3.51. The van der Waals surface area contributed by atoms with Crippen LogP contribution in [-0.4, -0.2) is 13.0 Å². The lowest BCUT2D eigenvalue weighted by molar-refractivity contribution is 0.478. The predicted octanol–water partition coefficient (Wildman–Crippen LogP) is 3.49. The van der Waals surface area contributed by atoms with E-state index < -0.39 is 10.1 Å². The summed E-state index contributed by atoms with van der Waals surface area (Å²) >= 11 is 3.32. The Morgan fingerprint density at radius 2 is 1.67 bits per heavy atom. The Kier molecular flexibility index (Phi) is 3.70. The number of halogens is 1. The lowest BCUT2D eigenvalue weighted by atomic mass is 10.3. The first-order chi connectivity index (χ1) is 8.45. The summed E-state index contributed by atoms with van der Waals surface area (Å²) in [6, 6.07) is 12.8. The van der Waals surface area contributed by atoms with Gasteiger partial charge in [-0.2, -0.15) is 8.42 Å². The van der Waals surface area contributed by atoms with E-state index in [1.54, 1.807) is 12.1 Å². The van der Waals surface area contributed by atoms with E-state index in [-0.39, 0.29) is 4.90 Å². The molecule has 0 spiro atoms. The molecule has 4 nitrogen and oxygen atoms in total. The average molecular weight is 329 g/mol. The fourth-order valence-corrected chi connectivity index (χ4v) is 2.20. The molecule has 0 atom stereocenters. The van der Waals surface area contributed by atoms with Crippen LogP contribution in [0.3, 0.4) is 0 Å². The van der Waals surface area contributed by atoms with Crippen LogP contribution in [0.4, 0.5) is 0 Å². The first-order valence-corrected chi connectivity index (χ1v) is 7.19. The summed E-state index contributed by atoms with van der Waals surface area (Å²) in [6.45, 7) is 0. The van der Waals surface area contributed by atoms with Crippen molar-refractivity contribution in [2.45, 2.75) is 4.90 Å². The van der Waals surface area contributed by atoms with Crippen molar-refractivity contribution in [3.05, 3.63) is 53.0 Å². The Labute approximate surface area is 113 Å². The van der Waals surface area contributed by atoms with E-state index in [0.29, 0.717) is 11.5 Å². The SMILES string of the molecule is O=S(=O)(O)c1ccc(Oc2cccc(Br)c2)cc1. The van der Waals surface area contributed by atoms with Crippen LogP contribution >= 0.6 is 15.9 Å². The van der Waals surface area contributed by atoms with Gasteiger partial charge in [-0.1, -0.05) is 22.0 Å². The molecular formula is C12H9BrO4S. The van der Waals surface area contributed by atoms with Crippen molar-refractivity contribution in [3.63, 3.8) is 0 Å². The fourth-order valence-electron chi connectivity index (χ4n) is 1.35. The van der Waals surface area contributed by atoms with E-state index in [2.05, 4.69) is 15.9 Å². The fraction of sp³-hybridized carbons (Fsp3) is 0. The van der Waals surface area contributed by atoms with E-state index in [0.717, 1.165) is 4.47 Å². The first-order valence-electron chi connectivity index (χ1n) is 4.96. The Morgan fingerprint density at radius 3 is 2.22 bits per heavy atom. The van der Waals surface area contributed by atoms with E-state index >= 15 is 0 Å². The molecule has 1 N–H and O–H groups in total. The summed E-state index contributed by atoms with van der Waals surface area (Å²) in [7, 11) is -4.16. The van der Waals surface area contributed by atoms with Crippen LogP contribution in [-0.2, 0) is 10.1 Å². The van der Waals surface area contributed by atoms with Crippen LogP contribution in [0.1, 0.15) is 0 Å². The van der Waals surface area contributed by atoms with Crippen LogP contribution in [0.2, 0.25) is 0 Å². The highest BCUT2D eigenvalue weighted by Crippen LogP contribution is 2.25.